The number of methoxy groups -OCH3 is 2. The first-order valence-corrected chi connectivity index (χ1v) is 9.24. The van der Waals surface area contributed by atoms with Crippen LogP contribution in [-0.4, -0.2) is 32.3 Å². The number of ether oxygens (including phenoxy) is 3. The van der Waals surface area contributed by atoms with Crippen molar-refractivity contribution in [1.29, 1.82) is 0 Å². The maximum Gasteiger partial charge on any atom is 0.347 e. The van der Waals surface area contributed by atoms with Gasteiger partial charge in [-0.25, -0.2) is 10.2 Å². The Morgan fingerprint density at radius 2 is 1.55 bits per heavy atom. The van der Waals surface area contributed by atoms with Crippen molar-refractivity contribution in [2.45, 2.75) is 0 Å². The van der Waals surface area contributed by atoms with Crippen molar-refractivity contribution < 1.29 is 23.8 Å². The number of nitrogen functional groups attached to an aromatic ring is 1. The molecule has 3 aromatic rings. The van der Waals surface area contributed by atoms with Gasteiger partial charge in [-0.15, -0.1) is 0 Å². The second-order valence-corrected chi connectivity index (χ2v) is 6.29. The van der Waals surface area contributed by atoms with E-state index in [2.05, 4.69) is 10.5 Å². The van der Waals surface area contributed by atoms with Crippen LogP contribution >= 0.6 is 0 Å². The number of nitrogens with two attached hydrogens (primary N) is 1. The van der Waals surface area contributed by atoms with E-state index in [0.717, 1.165) is 0 Å². The number of nitrogens with one attached hydrogen (secondary N) is 1. The van der Waals surface area contributed by atoms with Gasteiger partial charge in [0, 0.05) is 5.69 Å². The predicted molar refractivity (Wildman–Crippen MR) is 117 cm³/mol. The van der Waals surface area contributed by atoms with E-state index < -0.39 is 11.9 Å². The Kier molecular flexibility index (Phi) is 6.85. The van der Waals surface area contributed by atoms with Gasteiger partial charge >= 0.3 is 5.97 Å². The summed E-state index contributed by atoms with van der Waals surface area (Å²) in [5, 5.41) is 3.94. The minimum Gasteiger partial charge on any atom is -0.496 e. The summed E-state index contributed by atoms with van der Waals surface area (Å²) in [6.07, 6.45) is 1.44. The van der Waals surface area contributed by atoms with Crippen LogP contribution in [0.2, 0.25) is 0 Å². The molecule has 8 nitrogen and oxygen atoms in total. The van der Waals surface area contributed by atoms with Gasteiger partial charge in [0.2, 0.25) is 0 Å². The number of para-hydroxylation sites is 2. The van der Waals surface area contributed by atoms with Crippen molar-refractivity contribution in [3.8, 4) is 17.2 Å². The van der Waals surface area contributed by atoms with Gasteiger partial charge in [0.1, 0.15) is 11.3 Å². The third-order valence-corrected chi connectivity index (χ3v) is 4.30. The van der Waals surface area contributed by atoms with Crippen molar-refractivity contribution in [3.05, 3.63) is 83.4 Å². The first-order valence-electron chi connectivity index (χ1n) is 9.24. The van der Waals surface area contributed by atoms with E-state index in [-0.39, 0.29) is 5.75 Å². The van der Waals surface area contributed by atoms with Crippen LogP contribution in [0.25, 0.3) is 0 Å². The SMILES string of the molecule is COc1cc(C=NNC(=O)c2ccccc2N)ccc1OC(=O)c1ccccc1OC. The van der Waals surface area contributed by atoms with Crippen LogP contribution in [0, 0.1) is 0 Å². The van der Waals surface area contributed by atoms with E-state index in [0.29, 0.717) is 33.9 Å². The summed E-state index contributed by atoms with van der Waals surface area (Å²) in [6, 6.07) is 18.3. The Balaban J connectivity index is 1.71. The molecule has 0 atom stereocenters. The highest BCUT2D eigenvalue weighted by molar-refractivity contribution is 5.99. The smallest absolute Gasteiger partial charge is 0.347 e. The van der Waals surface area contributed by atoms with Gasteiger partial charge in [-0.05, 0) is 48.0 Å². The van der Waals surface area contributed by atoms with Crippen LogP contribution < -0.4 is 25.4 Å². The highest BCUT2D eigenvalue weighted by Gasteiger charge is 2.16. The molecule has 0 saturated carbocycles. The van der Waals surface area contributed by atoms with Gasteiger partial charge in [0.15, 0.2) is 11.5 Å². The van der Waals surface area contributed by atoms with E-state index in [1.807, 2.05) is 0 Å². The lowest BCUT2D eigenvalue weighted by Gasteiger charge is -2.11. The van der Waals surface area contributed by atoms with Gasteiger partial charge in [-0.3, -0.25) is 4.79 Å². The number of hydrogen-bond acceptors (Lipinski definition) is 7. The fourth-order valence-corrected chi connectivity index (χ4v) is 2.75. The predicted octanol–water partition coefficient (Wildman–Crippen LogP) is 3.27. The number of anilines is 1. The maximum absolute atomic E-state index is 12.5. The maximum atomic E-state index is 12.5. The Morgan fingerprint density at radius 3 is 2.26 bits per heavy atom. The van der Waals surface area contributed by atoms with E-state index in [4.69, 9.17) is 19.9 Å². The molecular weight excluding hydrogens is 398 g/mol. The molecule has 158 valence electrons. The molecule has 0 fully saturated rings. The normalized spacial score (nSPS) is 10.5. The summed E-state index contributed by atoms with van der Waals surface area (Å²) in [6.45, 7) is 0. The number of hydrogen-bond donors (Lipinski definition) is 2. The van der Waals surface area contributed by atoms with Crippen LogP contribution in [0.15, 0.2) is 71.8 Å². The Hall–Kier alpha value is -4.33. The standard InChI is InChI=1S/C23H21N3O5/c1-29-19-10-6-4-8-17(19)23(28)31-20-12-11-15(13-21(20)30-2)14-25-26-22(27)16-7-3-5-9-18(16)24/h3-14H,24H2,1-2H3,(H,26,27). The second kappa shape index (κ2) is 9.93. The van der Waals surface area contributed by atoms with Crippen molar-refractivity contribution in [3.63, 3.8) is 0 Å². The van der Waals surface area contributed by atoms with Crippen LogP contribution in [0.4, 0.5) is 5.69 Å². The van der Waals surface area contributed by atoms with Crippen LogP contribution in [-0.2, 0) is 0 Å². The highest BCUT2D eigenvalue weighted by Crippen LogP contribution is 2.29. The van der Waals surface area contributed by atoms with Gasteiger partial charge in [-0.1, -0.05) is 24.3 Å². The Bertz CT molecular complexity index is 1130. The number of amides is 1. The molecule has 0 unspecified atom stereocenters. The number of esters is 1. The molecule has 0 aliphatic carbocycles. The first-order chi connectivity index (χ1) is 15.0. The number of rotatable bonds is 7. The molecule has 0 spiro atoms. The lowest BCUT2D eigenvalue weighted by molar-refractivity contribution is 0.0726. The first kappa shape index (κ1) is 21.4. The van der Waals surface area contributed by atoms with Gasteiger partial charge in [0.25, 0.3) is 5.91 Å². The molecule has 8 heteroatoms. The van der Waals surface area contributed by atoms with E-state index in [1.54, 1.807) is 66.7 Å². The zero-order chi connectivity index (χ0) is 22.2. The molecular formula is C23H21N3O5. The fraction of sp³-hybridized carbons (Fsp3) is 0.0870. The minimum atomic E-state index is -0.579. The van der Waals surface area contributed by atoms with Crippen molar-refractivity contribution >= 4 is 23.8 Å². The molecule has 3 N–H and O–H groups in total. The summed E-state index contributed by atoms with van der Waals surface area (Å²) < 4.78 is 16.0. The number of hydrazone groups is 1. The number of nitrogens with zero attached hydrogens (tertiary/aromatic N) is 1. The molecule has 0 aliphatic heterocycles. The average molecular weight is 419 g/mol. The largest absolute Gasteiger partial charge is 0.496 e. The van der Waals surface area contributed by atoms with Gasteiger partial charge in [-0.2, -0.15) is 5.10 Å². The Morgan fingerprint density at radius 1 is 0.871 bits per heavy atom. The molecule has 0 bridgehead atoms. The molecule has 3 rings (SSSR count). The molecule has 3 aromatic carbocycles. The van der Waals surface area contributed by atoms with Crippen LogP contribution in [0.3, 0.4) is 0 Å². The molecule has 31 heavy (non-hydrogen) atoms. The highest BCUT2D eigenvalue weighted by atomic mass is 16.6. The quantitative estimate of drug-likeness (QED) is 0.200. The van der Waals surface area contributed by atoms with Crippen molar-refractivity contribution in [2.24, 2.45) is 5.10 Å². The van der Waals surface area contributed by atoms with Crippen LogP contribution in [0.1, 0.15) is 26.3 Å². The molecule has 0 radical (unpaired) electrons. The van der Waals surface area contributed by atoms with Gasteiger partial charge < -0.3 is 19.9 Å². The third kappa shape index (κ3) is 5.18. The average Bonchev–Trinajstić information content (AvgIpc) is 2.80. The third-order valence-electron chi connectivity index (χ3n) is 4.30. The number of benzene rings is 3. The Labute approximate surface area is 179 Å². The van der Waals surface area contributed by atoms with Crippen molar-refractivity contribution in [2.75, 3.05) is 20.0 Å². The second-order valence-electron chi connectivity index (χ2n) is 6.29. The molecule has 0 aromatic heterocycles. The van der Waals surface area contributed by atoms with E-state index >= 15 is 0 Å². The van der Waals surface area contributed by atoms with E-state index in [1.165, 1.54) is 20.4 Å². The number of carbonyl (C=O) groups excluding carboxylic acids is 2. The molecule has 0 heterocycles. The molecule has 0 aliphatic rings. The summed E-state index contributed by atoms with van der Waals surface area (Å²) in [5.41, 5.74) is 9.80. The zero-order valence-corrected chi connectivity index (χ0v) is 17.0. The van der Waals surface area contributed by atoms with Crippen molar-refractivity contribution in [1.82, 2.24) is 5.43 Å². The minimum absolute atomic E-state index is 0.233. The topological polar surface area (TPSA) is 112 Å². The zero-order valence-electron chi connectivity index (χ0n) is 17.0. The monoisotopic (exact) mass is 419 g/mol. The number of carbonyl (C=O) groups is 2. The van der Waals surface area contributed by atoms with Gasteiger partial charge in [0.05, 0.1) is 26.0 Å². The lowest BCUT2D eigenvalue weighted by atomic mass is 10.2. The fourth-order valence-electron chi connectivity index (χ4n) is 2.75. The summed E-state index contributed by atoms with van der Waals surface area (Å²) in [4.78, 5) is 24.7. The molecule has 0 saturated heterocycles. The van der Waals surface area contributed by atoms with E-state index in [9.17, 15) is 9.59 Å². The summed E-state index contributed by atoms with van der Waals surface area (Å²) in [5.74, 6) is -0.0407. The summed E-state index contributed by atoms with van der Waals surface area (Å²) in [7, 11) is 2.93. The summed E-state index contributed by atoms with van der Waals surface area (Å²) >= 11 is 0. The van der Waals surface area contributed by atoms with Crippen LogP contribution in [0.5, 0.6) is 17.2 Å². The molecule has 1 amide bonds. The lowest BCUT2D eigenvalue weighted by Crippen LogP contribution is -2.19.